The fourth-order valence-corrected chi connectivity index (χ4v) is 7.15. The molecular weight excluding hydrogens is 480 g/mol. The average Bonchev–Trinajstić information content (AvgIpc) is 3.22. The van der Waals surface area contributed by atoms with E-state index in [1.54, 1.807) is 13.8 Å². The van der Waals surface area contributed by atoms with Gasteiger partial charge in [0.25, 0.3) is 0 Å². The molecule has 3 heterocycles. The van der Waals surface area contributed by atoms with Gasteiger partial charge in [-0.05, 0) is 46.0 Å². The van der Waals surface area contributed by atoms with Crippen molar-refractivity contribution >= 4 is 33.7 Å². The zero-order chi connectivity index (χ0) is 24.2. The van der Waals surface area contributed by atoms with Crippen molar-refractivity contribution in [3.63, 3.8) is 0 Å². The van der Waals surface area contributed by atoms with Crippen LogP contribution in [0.1, 0.15) is 61.3 Å². The maximum Gasteiger partial charge on any atom is 0.312 e. The number of hydrogen-bond donors (Lipinski definition) is 2. The van der Waals surface area contributed by atoms with Crippen LogP contribution in [0.4, 0.5) is 0 Å². The summed E-state index contributed by atoms with van der Waals surface area (Å²) >= 11 is 3.61. The van der Waals surface area contributed by atoms with Gasteiger partial charge in [-0.1, -0.05) is 36.7 Å². The highest BCUT2D eigenvalue weighted by atomic mass is 79.9. The van der Waals surface area contributed by atoms with Crippen LogP contribution in [0.5, 0.6) is 0 Å². The first-order chi connectivity index (χ1) is 14.7. The summed E-state index contributed by atoms with van der Waals surface area (Å²) < 4.78 is 11.6. The Morgan fingerprint density at radius 1 is 1.34 bits per heavy atom. The lowest BCUT2D eigenvalue weighted by Crippen LogP contribution is -2.61. The van der Waals surface area contributed by atoms with Gasteiger partial charge < -0.3 is 24.8 Å². The number of carbonyl (C=O) groups excluding carboxylic acids is 3. The standard InChI is InChI=1S/C23H37BrN2O6/c1-8-31-20(30)14-15-19(29)26(12(2)10-27)17(23(15)9-13(24)16(14)32-23)18(28)25-22(6,7)11-21(3,4)5/h12-17,27H,8-11H2,1-7H3,(H,25,28)/t12-,13?,14-,15+,16-,17?,23?/m1/s1. The second kappa shape index (κ2) is 8.55. The van der Waals surface area contributed by atoms with Gasteiger partial charge in [0.1, 0.15) is 11.6 Å². The number of aliphatic hydroxyl groups is 1. The SMILES string of the molecule is CCOC(=O)[C@H]1[C@@H]2OC3(CC2Br)C(C(=O)NC(C)(C)CC(C)(C)C)N([C@H](C)CO)C(=O)[C@H]13. The maximum atomic E-state index is 13.8. The molecule has 0 aliphatic carbocycles. The molecule has 182 valence electrons. The van der Waals surface area contributed by atoms with E-state index in [4.69, 9.17) is 9.47 Å². The van der Waals surface area contributed by atoms with E-state index in [-0.39, 0.29) is 35.3 Å². The molecule has 0 saturated carbocycles. The Kier molecular flexibility index (Phi) is 6.79. The number of carbonyl (C=O) groups is 3. The second-order valence-corrected chi connectivity index (χ2v) is 12.5. The first-order valence-electron chi connectivity index (χ1n) is 11.4. The van der Waals surface area contributed by atoms with Gasteiger partial charge in [0.15, 0.2) is 0 Å². The van der Waals surface area contributed by atoms with Gasteiger partial charge in [-0.2, -0.15) is 0 Å². The van der Waals surface area contributed by atoms with Crippen LogP contribution in [0.15, 0.2) is 0 Å². The predicted octanol–water partition coefficient (Wildman–Crippen LogP) is 2.01. The first kappa shape index (κ1) is 25.4. The van der Waals surface area contributed by atoms with Gasteiger partial charge in [-0.15, -0.1) is 0 Å². The summed E-state index contributed by atoms with van der Waals surface area (Å²) in [6.07, 6.45) is 0.623. The van der Waals surface area contributed by atoms with E-state index in [0.29, 0.717) is 6.42 Å². The molecule has 0 aromatic carbocycles. The van der Waals surface area contributed by atoms with Gasteiger partial charge in [0.05, 0.1) is 37.2 Å². The predicted molar refractivity (Wildman–Crippen MR) is 122 cm³/mol. The zero-order valence-corrected chi connectivity index (χ0v) is 21.7. The third-order valence-electron chi connectivity index (χ3n) is 6.71. The van der Waals surface area contributed by atoms with E-state index in [0.717, 1.165) is 6.42 Å². The minimum absolute atomic E-state index is 0.0144. The quantitative estimate of drug-likeness (QED) is 0.396. The molecule has 7 atom stereocenters. The molecule has 1 spiro atoms. The molecule has 32 heavy (non-hydrogen) atoms. The van der Waals surface area contributed by atoms with Crippen LogP contribution in [-0.4, -0.2) is 75.2 Å². The molecule has 3 unspecified atom stereocenters. The number of fused-ring (bicyclic) bond motifs is 1. The Morgan fingerprint density at radius 2 is 1.97 bits per heavy atom. The molecule has 3 saturated heterocycles. The van der Waals surface area contributed by atoms with Crippen LogP contribution in [-0.2, 0) is 23.9 Å². The van der Waals surface area contributed by atoms with Crippen molar-refractivity contribution < 1.29 is 29.0 Å². The van der Waals surface area contributed by atoms with Crippen LogP contribution in [0.3, 0.4) is 0 Å². The van der Waals surface area contributed by atoms with Gasteiger partial charge in [0, 0.05) is 10.4 Å². The lowest BCUT2D eigenvalue weighted by molar-refractivity contribution is -0.155. The average molecular weight is 517 g/mol. The Hall–Kier alpha value is -1.19. The van der Waals surface area contributed by atoms with E-state index in [1.165, 1.54) is 4.90 Å². The Bertz CT molecular complexity index is 781. The Morgan fingerprint density at radius 3 is 2.50 bits per heavy atom. The van der Waals surface area contributed by atoms with E-state index in [9.17, 15) is 19.5 Å². The van der Waals surface area contributed by atoms with E-state index >= 15 is 0 Å². The maximum absolute atomic E-state index is 13.8. The largest absolute Gasteiger partial charge is 0.466 e. The third kappa shape index (κ3) is 4.20. The molecule has 3 aliphatic rings. The number of rotatable bonds is 7. The number of likely N-dealkylation sites (tertiary alicyclic amines) is 1. The van der Waals surface area contributed by atoms with Crippen molar-refractivity contribution in [1.82, 2.24) is 10.2 Å². The van der Waals surface area contributed by atoms with Crippen LogP contribution < -0.4 is 5.32 Å². The zero-order valence-electron chi connectivity index (χ0n) is 20.1. The summed E-state index contributed by atoms with van der Waals surface area (Å²) in [5.41, 5.74) is -1.68. The van der Waals surface area contributed by atoms with Crippen molar-refractivity contribution in [2.75, 3.05) is 13.2 Å². The molecule has 2 bridgehead atoms. The van der Waals surface area contributed by atoms with Crippen molar-refractivity contribution in [3.8, 4) is 0 Å². The summed E-state index contributed by atoms with van der Waals surface area (Å²) in [4.78, 5) is 41.5. The summed E-state index contributed by atoms with van der Waals surface area (Å²) in [6, 6.07) is -1.53. The summed E-state index contributed by atoms with van der Waals surface area (Å²) in [6.45, 7) is 13.6. The van der Waals surface area contributed by atoms with Crippen LogP contribution in [0.25, 0.3) is 0 Å². The van der Waals surface area contributed by atoms with E-state index in [2.05, 4.69) is 42.0 Å². The number of ether oxygens (including phenoxy) is 2. The lowest BCUT2D eigenvalue weighted by atomic mass is 9.70. The van der Waals surface area contributed by atoms with Gasteiger partial charge in [-0.25, -0.2) is 0 Å². The number of nitrogens with zero attached hydrogens (tertiary/aromatic N) is 1. The summed E-state index contributed by atoms with van der Waals surface area (Å²) in [5, 5.41) is 13.0. The first-order valence-corrected chi connectivity index (χ1v) is 12.3. The molecule has 2 N–H and O–H groups in total. The summed E-state index contributed by atoms with van der Waals surface area (Å²) in [5.74, 6) is -2.72. The fourth-order valence-electron chi connectivity index (χ4n) is 6.21. The monoisotopic (exact) mass is 516 g/mol. The van der Waals surface area contributed by atoms with Crippen molar-refractivity contribution in [3.05, 3.63) is 0 Å². The molecule has 9 heteroatoms. The van der Waals surface area contributed by atoms with Gasteiger partial charge >= 0.3 is 5.97 Å². The molecule has 3 aliphatic heterocycles. The molecule has 3 rings (SSSR count). The van der Waals surface area contributed by atoms with Crippen LogP contribution >= 0.6 is 15.9 Å². The van der Waals surface area contributed by atoms with Crippen molar-refractivity contribution in [1.29, 1.82) is 0 Å². The Balaban J connectivity index is 2.01. The molecule has 0 aromatic heterocycles. The fraction of sp³-hybridized carbons (Fsp3) is 0.870. The number of amides is 2. The highest BCUT2D eigenvalue weighted by Gasteiger charge is 2.77. The number of aliphatic hydroxyl groups excluding tert-OH is 1. The minimum atomic E-state index is -1.14. The van der Waals surface area contributed by atoms with E-state index < -0.39 is 47.1 Å². The normalized spacial score (nSPS) is 35.1. The number of esters is 1. The molecule has 2 amide bonds. The molecule has 0 radical (unpaired) electrons. The van der Waals surface area contributed by atoms with E-state index in [1.807, 2.05) is 13.8 Å². The van der Waals surface area contributed by atoms with Gasteiger partial charge in [0.2, 0.25) is 11.8 Å². The number of halogens is 1. The topological polar surface area (TPSA) is 105 Å². The highest BCUT2D eigenvalue weighted by molar-refractivity contribution is 9.09. The lowest BCUT2D eigenvalue weighted by Gasteiger charge is -2.39. The molecule has 3 fully saturated rings. The molecular formula is C23H37BrN2O6. The number of alkyl halides is 1. The molecule has 8 nitrogen and oxygen atoms in total. The number of nitrogens with one attached hydrogen (secondary N) is 1. The van der Waals surface area contributed by atoms with Crippen molar-refractivity contribution in [2.45, 2.75) is 95.5 Å². The minimum Gasteiger partial charge on any atom is -0.466 e. The van der Waals surface area contributed by atoms with Crippen LogP contribution in [0.2, 0.25) is 0 Å². The van der Waals surface area contributed by atoms with Crippen molar-refractivity contribution in [2.24, 2.45) is 17.3 Å². The third-order valence-corrected chi connectivity index (χ3v) is 7.55. The van der Waals surface area contributed by atoms with Crippen LogP contribution in [0, 0.1) is 17.3 Å². The number of hydrogen-bond acceptors (Lipinski definition) is 6. The van der Waals surface area contributed by atoms with Gasteiger partial charge in [-0.3, -0.25) is 14.4 Å². The summed E-state index contributed by atoms with van der Waals surface area (Å²) in [7, 11) is 0. The molecule has 0 aromatic rings. The Labute approximate surface area is 198 Å². The smallest absolute Gasteiger partial charge is 0.312 e. The highest BCUT2D eigenvalue weighted by Crippen LogP contribution is 2.60. The second-order valence-electron chi connectivity index (χ2n) is 11.3.